The van der Waals surface area contributed by atoms with E-state index in [0.717, 1.165) is 6.42 Å². The maximum atomic E-state index is 12.7. The molecular formula is C14H19FN2O3. The van der Waals surface area contributed by atoms with Crippen LogP contribution < -0.4 is 10.6 Å². The number of aliphatic hydroxyl groups is 1. The van der Waals surface area contributed by atoms with E-state index >= 15 is 0 Å². The molecule has 0 aliphatic carbocycles. The Labute approximate surface area is 117 Å². The molecule has 0 bridgehead atoms. The number of aliphatic hydroxyl groups excluding tert-OH is 1. The minimum atomic E-state index is -0.911. The molecule has 0 radical (unpaired) electrons. The molecule has 0 aromatic heterocycles. The number of amides is 2. The van der Waals surface area contributed by atoms with Crippen LogP contribution in [-0.4, -0.2) is 30.0 Å². The lowest BCUT2D eigenvalue weighted by molar-refractivity contribution is -0.126. The predicted octanol–water partition coefficient (Wildman–Crippen LogP) is 0.892. The van der Waals surface area contributed by atoms with Gasteiger partial charge in [-0.1, -0.05) is 19.1 Å². The first kappa shape index (κ1) is 16.1. The molecule has 0 aliphatic rings. The van der Waals surface area contributed by atoms with Crippen molar-refractivity contribution in [2.45, 2.75) is 25.9 Å². The lowest BCUT2D eigenvalue weighted by atomic mass is 10.1. The van der Waals surface area contributed by atoms with E-state index < -0.39 is 6.10 Å². The molecule has 110 valence electrons. The third-order valence-electron chi connectivity index (χ3n) is 2.67. The van der Waals surface area contributed by atoms with Gasteiger partial charge in [-0.25, -0.2) is 4.39 Å². The largest absolute Gasteiger partial charge is 0.387 e. The SMILES string of the molecule is CCCC(=O)NCC(=O)NCC(O)c1ccc(F)cc1. The first-order chi connectivity index (χ1) is 9.52. The van der Waals surface area contributed by atoms with Gasteiger partial charge >= 0.3 is 0 Å². The van der Waals surface area contributed by atoms with Crippen LogP contribution in [0, 0.1) is 5.82 Å². The number of rotatable bonds is 7. The number of hydrogen-bond acceptors (Lipinski definition) is 3. The molecule has 0 saturated carbocycles. The summed E-state index contributed by atoms with van der Waals surface area (Å²) in [6, 6.07) is 5.39. The second-order valence-electron chi connectivity index (χ2n) is 4.40. The Bertz CT molecular complexity index is 448. The molecule has 2 amide bonds. The smallest absolute Gasteiger partial charge is 0.239 e. The minimum absolute atomic E-state index is 0.00805. The van der Waals surface area contributed by atoms with Gasteiger partial charge in [-0.15, -0.1) is 0 Å². The molecule has 1 atom stereocenters. The van der Waals surface area contributed by atoms with E-state index in [0.29, 0.717) is 12.0 Å². The fourth-order valence-electron chi connectivity index (χ4n) is 1.57. The molecule has 5 nitrogen and oxygen atoms in total. The Kier molecular flexibility index (Phi) is 6.66. The molecule has 20 heavy (non-hydrogen) atoms. The Morgan fingerprint density at radius 2 is 1.85 bits per heavy atom. The van der Waals surface area contributed by atoms with E-state index in [9.17, 15) is 19.1 Å². The molecule has 1 aromatic carbocycles. The number of benzene rings is 1. The molecule has 1 aromatic rings. The van der Waals surface area contributed by atoms with Crippen molar-refractivity contribution < 1.29 is 19.1 Å². The summed E-state index contributed by atoms with van der Waals surface area (Å²) in [6.07, 6.45) is 0.188. The van der Waals surface area contributed by atoms with Crippen molar-refractivity contribution in [3.63, 3.8) is 0 Å². The van der Waals surface area contributed by atoms with Crippen LogP contribution in [0.15, 0.2) is 24.3 Å². The van der Waals surface area contributed by atoms with Gasteiger partial charge in [-0.2, -0.15) is 0 Å². The molecular weight excluding hydrogens is 263 g/mol. The molecule has 0 saturated heterocycles. The summed E-state index contributed by atoms with van der Waals surface area (Å²) < 4.78 is 12.7. The Balaban J connectivity index is 2.30. The summed E-state index contributed by atoms with van der Waals surface area (Å²) >= 11 is 0. The molecule has 0 heterocycles. The number of carbonyl (C=O) groups excluding carboxylic acids is 2. The molecule has 0 fully saturated rings. The van der Waals surface area contributed by atoms with Gasteiger partial charge in [0.05, 0.1) is 12.6 Å². The van der Waals surface area contributed by atoms with E-state index in [1.807, 2.05) is 6.92 Å². The summed E-state index contributed by atoms with van der Waals surface area (Å²) in [6.45, 7) is 1.77. The maximum absolute atomic E-state index is 12.7. The van der Waals surface area contributed by atoms with Gasteiger partial charge in [0.2, 0.25) is 11.8 Å². The second kappa shape index (κ2) is 8.27. The van der Waals surface area contributed by atoms with Crippen molar-refractivity contribution in [1.82, 2.24) is 10.6 Å². The van der Waals surface area contributed by atoms with Gasteiger partial charge in [0.25, 0.3) is 0 Å². The summed E-state index contributed by atoms with van der Waals surface area (Å²) in [5, 5.41) is 14.8. The van der Waals surface area contributed by atoms with Gasteiger partial charge in [-0.3, -0.25) is 9.59 Å². The van der Waals surface area contributed by atoms with Gasteiger partial charge in [0.15, 0.2) is 0 Å². The van der Waals surface area contributed by atoms with Gasteiger partial charge < -0.3 is 15.7 Å². The first-order valence-electron chi connectivity index (χ1n) is 6.50. The Hall–Kier alpha value is -1.95. The highest BCUT2D eigenvalue weighted by Crippen LogP contribution is 2.12. The molecule has 3 N–H and O–H groups in total. The van der Waals surface area contributed by atoms with E-state index in [1.54, 1.807) is 0 Å². The molecule has 6 heteroatoms. The first-order valence-corrected chi connectivity index (χ1v) is 6.50. The molecule has 0 spiro atoms. The minimum Gasteiger partial charge on any atom is -0.387 e. The number of hydrogen-bond donors (Lipinski definition) is 3. The van der Waals surface area contributed by atoms with Crippen molar-refractivity contribution in [3.8, 4) is 0 Å². The highest BCUT2D eigenvalue weighted by Gasteiger charge is 2.10. The quantitative estimate of drug-likeness (QED) is 0.695. The zero-order valence-electron chi connectivity index (χ0n) is 11.4. The van der Waals surface area contributed by atoms with Crippen LogP contribution in [0.2, 0.25) is 0 Å². The van der Waals surface area contributed by atoms with Crippen molar-refractivity contribution in [2.24, 2.45) is 0 Å². The Morgan fingerprint density at radius 3 is 2.45 bits per heavy atom. The average Bonchev–Trinajstić information content (AvgIpc) is 2.43. The summed E-state index contributed by atoms with van der Waals surface area (Å²) in [5.41, 5.74) is 0.515. The highest BCUT2D eigenvalue weighted by atomic mass is 19.1. The van der Waals surface area contributed by atoms with Crippen LogP contribution in [-0.2, 0) is 9.59 Å². The van der Waals surface area contributed by atoms with Crippen LogP contribution in [0.1, 0.15) is 31.4 Å². The van der Waals surface area contributed by atoms with Crippen LogP contribution in [0.5, 0.6) is 0 Å². The van der Waals surface area contributed by atoms with E-state index in [4.69, 9.17) is 0 Å². The number of carbonyl (C=O) groups is 2. The topological polar surface area (TPSA) is 78.4 Å². The van der Waals surface area contributed by atoms with Gasteiger partial charge in [0, 0.05) is 13.0 Å². The monoisotopic (exact) mass is 282 g/mol. The third kappa shape index (κ3) is 5.79. The van der Waals surface area contributed by atoms with Crippen molar-refractivity contribution in [3.05, 3.63) is 35.6 Å². The summed E-state index contributed by atoms with van der Waals surface area (Å²) in [4.78, 5) is 22.6. The van der Waals surface area contributed by atoms with Crippen molar-refractivity contribution in [1.29, 1.82) is 0 Å². The van der Waals surface area contributed by atoms with E-state index in [2.05, 4.69) is 10.6 Å². The molecule has 0 aliphatic heterocycles. The fourth-order valence-corrected chi connectivity index (χ4v) is 1.57. The zero-order valence-corrected chi connectivity index (χ0v) is 11.4. The van der Waals surface area contributed by atoms with Gasteiger partial charge in [-0.05, 0) is 24.1 Å². The van der Waals surface area contributed by atoms with Crippen molar-refractivity contribution in [2.75, 3.05) is 13.1 Å². The third-order valence-corrected chi connectivity index (χ3v) is 2.67. The van der Waals surface area contributed by atoms with Crippen LogP contribution in [0.4, 0.5) is 4.39 Å². The number of nitrogens with one attached hydrogen (secondary N) is 2. The lowest BCUT2D eigenvalue weighted by Gasteiger charge is -2.12. The standard InChI is InChI=1S/C14H19FN2O3/c1-2-3-13(19)17-9-14(20)16-8-12(18)10-4-6-11(15)7-5-10/h4-7,12,18H,2-3,8-9H2,1H3,(H,16,20)(H,17,19). The fraction of sp³-hybridized carbons (Fsp3) is 0.429. The van der Waals surface area contributed by atoms with Crippen LogP contribution in [0.25, 0.3) is 0 Å². The Morgan fingerprint density at radius 1 is 1.20 bits per heavy atom. The highest BCUT2D eigenvalue weighted by molar-refractivity contribution is 5.84. The summed E-state index contributed by atoms with van der Waals surface area (Å²) in [5.74, 6) is -0.944. The molecule has 1 unspecified atom stereocenters. The molecule has 1 rings (SSSR count). The van der Waals surface area contributed by atoms with Crippen molar-refractivity contribution >= 4 is 11.8 Å². The van der Waals surface area contributed by atoms with Gasteiger partial charge in [0.1, 0.15) is 5.82 Å². The predicted molar refractivity (Wildman–Crippen MR) is 72.3 cm³/mol. The number of halogens is 1. The zero-order chi connectivity index (χ0) is 15.0. The van der Waals surface area contributed by atoms with Crippen LogP contribution >= 0.6 is 0 Å². The summed E-state index contributed by atoms with van der Waals surface area (Å²) in [7, 11) is 0. The maximum Gasteiger partial charge on any atom is 0.239 e. The van der Waals surface area contributed by atoms with E-state index in [1.165, 1.54) is 24.3 Å². The normalized spacial score (nSPS) is 11.8. The lowest BCUT2D eigenvalue weighted by Crippen LogP contribution is -2.38. The van der Waals surface area contributed by atoms with Crippen LogP contribution in [0.3, 0.4) is 0 Å². The average molecular weight is 282 g/mol. The second-order valence-corrected chi connectivity index (χ2v) is 4.40. The van der Waals surface area contributed by atoms with E-state index in [-0.39, 0.29) is 30.7 Å².